The topological polar surface area (TPSA) is 85.3 Å². The summed E-state index contributed by atoms with van der Waals surface area (Å²) in [7, 11) is 3.06. The van der Waals surface area contributed by atoms with Gasteiger partial charge in [-0.2, -0.15) is 0 Å². The van der Waals surface area contributed by atoms with Gasteiger partial charge in [-0.3, -0.25) is 9.59 Å². The van der Waals surface area contributed by atoms with Gasteiger partial charge in [0.25, 0.3) is 11.7 Å². The van der Waals surface area contributed by atoms with Crippen molar-refractivity contribution in [2.75, 3.05) is 34.0 Å². The number of methoxy groups -OCH3 is 2. The van der Waals surface area contributed by atoms with Gasteiger partial charge in [-0.1, -0.05) is 28.1 Å². The summed E-state index contributed by atoms with van der Waals surface area (Å²) in [6, 6.07) is 9.68. The van der Waals surface area contributed by atoms with Crippen LogP contribution in [0.4, 0.5) is 0 Å². The Bertz CT molecular complexity index is 1060. The molecule has 3 rings (SSSR count). The SMILES string of the molecule is CCOc1cc(C2/C(=C(/O)c3ccc(Br)c(C)c3)C(=O)C(=O)N2CCOC)ccc1OC. The maximum absolute atomic E-state index is 13.0. The van der Waals surface area contributed by atoms with Crippen molar-refractivity contribution in [2.45, 2.75) is 19.9 Å². The number of aryl methyl sites for hydroxylation is 1. The maximum atomic E-state index is 13.0. The molecule has 1 saturated heterocycles. The zero-order valence-corrected chi connectivity index (χ0v) is 20.1. The van der Waals surface area contributed by atoms with E-state index in [-0.39, 0.29) is 24.5 Å². The van der Waals surface area contributed by atoms with E-state index in [9.17, 15) is 14.7 Å². The highest BCUT2D eigenvalue weighted by atomic mass is 79.9. The molecule has 1 unspecified atom stereocenters. The zero-order chi connectivity index (χ0) is 23.4. The highest BCUT2D eigenvalue weighted by Gasteiger charge is 2.46. The molecule has 0 aromatic heterocycles. The monoisotopic (exact) mass is 503 g/mol. The molecule has 0 spiro atoms. The smallest absolute Gasteiger partial charge is 0.295 e. The van der Waals surface area contributed by atoms with Gasteiger partial charge in [-0.05, 0) is 49.2 Å². The second-order valence-electron chi connectivity index (χ2n) is 7.29. The second kappa shape index (κ2) is 10.2. The minimum absolute atomic E-state index is 0.0282. The van der Waals surface area contributed by atoms with E-state index in [1.54, 1.807) is 36.4 Å². The number of nitrogens with zero attached hydrogens (tertiary/aromatic N) is 1. The number of Topliss-reactive ketones (excluding diaryl/α,β-unsaturated/α-hetero) is 1. The van der Waals surface area contributed by atoms with E-state index < -0.39 is 17.7 Å². The van der Waals surface area contributed by atoms with E-state index in [0.29, 0.717) is 29.2 Å². The summed E-state index contributed by atoms with van der Waals surface area (Å²) in [6.07, 6.45) is 0. The van der Waals surface area contributed by atoms with Gasteiger partial charge in [0.05, 0.1) is 31.9 Å². The third-order valence-electron chi connectivity index (χ3n) is 5.31. The second-order valence-corrected chi connectivity index (χ2v) is 8.15. The van der Waals surface area contributed by atoms with Crippen molar-refractivity contribution in [1.29, 1.82) is 0 Å². The van der Waals surface area contributed by atoms with Gasteiger partial charge in [-0.25, -0.2) is 0 Å². The number of ketones is 1. The average molecular weight is 504 g/mol. The molecule has 2 aromatic rings. The Morgan fingerprint density at radius 1 is 1.12 bits per heavy atom. The summed E-state index contributed by atoms with van der Waals surface area (Å²) in [6.45, 7) is 4.59. The molecule has 2 aromatic carbocycles. The maximum Gasteiger partial charge on any atom is 0.295 e. The number of aliphatic hydroxyl groups is 1. The summed E-state index contributed by atoms with van der Waals surface area (Å²) >= 11 is 3.44. The van der Waals surface area contributed by atoms with Gasteiger partial charge in [0.15, 0.2) is 11.5 Å². The van der Waals surface area contributed by atoms with Crippen molar-refractivity contribution >= 4 is 33.4 Å². The van der Waals surface area contributed by atoms with Gasteiger partial charge in [0.2, 0.25) is 0 Å². The first-order chi connectivity index (χ1) is 15.3. The molecule has 32 heavy (non-hydrogen) atoms. The van der Waals surface area contributed by atoms with Gasteiger partial charge in [0.1, 0.15) is 5.76 Å². The van der Waals surface area contributed by atoms with Crippen LogP contribution in [0.1, 0.15) is 29.7 Å². The lowest BCUT2D eigenvalue weighted by Gasteiger charge is -2.25. The molecular weight excluding hydrogens is 478 g/mol. The molecule has 7 nitrogen and oxygen atoms in total. The minimum Gasteiger partial charge on any atom is -0.507 e. The summed E-state index contributed by atoms with van der Waals surface area (Å²) < 4.78 is 17.1. The van der Waals surface area contributed by atoms with E-state index in [2.05, 4.69) is 15.9 Å². The molecule has 1 heterocycles. The van der Waals surface area contributed by atoms with Crippen LogP contribution in [0.3, 0.4) is 0 Å². The number of carbonyl (C=O) groups excluding carboxylic acids is 2. The normalized spacial score (nSPS) is 17.7. The molecule has 1 aliphatic heterocycles. The number of ether oxygens (including phenoxy) is 3. The fourth-order valence-electron chi connectivity index (χ4n) is 3.73. The van der Waals surface area contributed by atoms with Crippen LogP contribution in [0.15, 0.2) is 46.4 Å². The van der Waals surface area contributed by atoms with E-state index >= 15 is 0 Å². The predicted octanol–water partition coefficient (Wildman–Crippen LogP) is 4.23. The van der Waals surface area contributed by atoms with Crippen LogP contribution in [-0.2, 0) is 14.3 Å². The van der Waals surface area contributed by atoms with Crippen molar-refractivity contribution in [3.05, 3.63) is 63.1 Å². The van der Waals surface area contributed by atoms with E-state index in [1.807, 2.05) is 13.8 Å². The molecule has 1 amide bonds. The fourth-order valence-corrected chi connectivity index (χ4v) is 3.97. The lowest BCUT2D eigenvalue weighted by Crippen LogP contribution is -2.32. The Balaban J connectivity index is 2.20. The highest BCUT2D eigenvalue weighted by molar-refractivity contribution is 9.10. The minimum atomic E-state index is -0.792. The number of hydrogen-bond acceptors (Lipinski definition) is 6. The van der Waals surface area contributed by atoms with Gasteiger partial charge in [0, 0.05) is 23.7 Å². The Labute approximate surface area is 195 Å². The molecule has 1 aliphatic rings. The molecule has 0 bridgehead atoms. The lowest BCUT2D eigenvalue weighted by atomic mass is 9.94. The molecule has 1 fully saturated rings. The van der Waals surface area contributed by atoms with Crippen LogP contribution >= 0.6 is 15.9 Å². The molecule has 170 valence electrons. The summed E-state index contributed by atoms with van der Waals surface area (Å²) in [5.74, 6) is -0.621. The van der Waals surface area contributed by atoms with Gasteiger partial charge in [-0.15, -0.1) is 0 Å². The van der Waals surface area contributed by atoms with Crippen molar-refractivity contribution in [3.8, 4) is 11.5 Å². The van der Waals surface area contributed by atoms with Crippen molar-refractivity contribution in [3.63, 3.8) is 0 Å². The molecule has 0 radical (unpaired) electrons. The molecule has 0 saturated carbocycles. The molecule has 1 N–H and O–H groups in total. The van der Waals surface area contributed by atoms with Crippen LogP contribution in [0.2, 0.25) is 0 Å². The zero-order valence-electron chi connectivity index (χ0n) is 18.5. The number of benzene rings is 2. The Morgan fingerprint density at radius 3 is 2.50 bits per heavy atom. The number of hydrogen-bond donors (Lipinski definition) is 1. The fraction of sp³-hybridized carbons (Fsp3) is 0.333. The van der Waals surface area contributed by atoms with Gasteiger partial charge < -0.3 is 24.2 Å². The molecular formula is C24H26BrNO6. The quantitative estimate of drug-likeness (QED) is 0.329. The number of amides is 1. The summed E-state index contributed by atoms with van der Waals surface area (Å²) in [5, 5.41) is 11.1. The lowest BCUT2D eigenvalue weighted by molar-refractivity contribution is -0.140. The largest absolute Gasteiger partial charge is 0.507 e. The van der Waals surface area contributed by atoms with Gasteiger partial charge >= 0.3 is 0 Å². The number of aliphatic hydroxyl groups excluding tert-OH is 1. The Hall–Kier alpha value is -2.84. The van der Waals surface area contributed by atoms with Crippen LogP contribution in [-0.4, -0.2) is 55.7 Å². The number of carbonyl (C=O) groups is 2. The Kier molecular flexibility index (Phi) is 7.58. The Morgan fingerprint density at radius 2 is 1.88 bits per heavy atom. The first kappa shape index (κ1) is 23.8. The van der Waals surface area contributed by atoms with Crippen LogP contribution < -0.4 is 9.47 Å². The molecule has 1 atom stereocenters. The van der Waals surface area contributed by atoms with Crippen molar-refractivity contribution in [1.82, 2.24) is 4.90 Å². The van der Waals surface area contributed by atoms with Crippen LogP contribution in [0.25, 0.3) is 5.76 Å². The number of rotatable bonds is 8. The van der Waals surface area contributed by atoms with Crippen molar-refractivity contribution in [2.24, 2.45) is 0 Å². The van der Waals surface area contributed by atoms with Crippen LogP contribution in [0.5, 0.6) is 11.5 Å². The number of likely N-dealkylation sites (tertiary alicyclic amines) is 1. The first-order valence-electron chi connectivity index (χ1n) is 10.2. The van der Waals surface area contributed by atoms with E-state index in [0.717, 1.165) is 10.0 Å². The number of halogens is 1. The average Bonchev–Trinajstić information content (AvgIpc) is 3.04. The summed E-state index contributed by atoms with van der Waals surface area (Å²) in [4.78, 5) is 27.4. The molecule has 0 aliphatic carbocycles. The van der Waals surface area contributed by atoms with Crippen LogP contribution in [0, 0.1) is 6.92 Å². The predicted molar refractivity (Wildman–Crippen MR) is 124 cm³/mol. The molecule has 8 heteroatoms. The third kappa shape index (κ3) is 4.52. The van der Waals surface area contributed by atoms with E-state index in [4.69, 9.17) is 14.2 Å². The standard InChI is InChI=1S/C24H26BrNO6/c1-5-32-19-13-15(7-9-18(19)31-4)21-20(23(28)24(29)26(21)10-11-30-3)22(27)16-6-8-17(25)14(2)12-16/h6-9,12-13,21,27H,5,10-11H2,1-4H3/b22-20-. The van der Waals surface area contributed by atoms with E-state index in [1.165, 1.54) is 19.1 Å². The highest BCUT2D eigenvalue weighted by Crippen LogP contribution is 2.42. The third-order valence-corrected chi connectivity index (χ3v) is 6.20. The first-order valence-corrected chi connectivity index (χ1v) is 11.0. The summed E-state index contributed by atoms with van der Waals surface area (Å²) in [5.41, 5.74) is 2.00. The van der Waals surface area contributed by atoms with Crippen molar-refractivity contribution < 1.29 is 28.9 Å².